The Labute approximate surface area is 125 Å². The Kier molecular flexibility index (Phi) is 5.72. The van der Waals surface area contributed by atoms with Gasteiger partial charge in [0.15, 0.2) is 0 Å². The number of thioether (sulfide) groups is 1. The molecule has 0 spiro atoms. The van der Waals surface area contributed by atoms with Crippen LogP contribution in [0.25, 0.3) is 0 Å². The van der Waals surface area contributed by atoms with Crippen LogP contribution < -0.4 is 5.32 Å². The smallest absolute Gasteiger partial charge is 0.102 e. The van der Waals surface area contributed by atoms with Crippen LogP contribution >= 0.6 is 11.8 Å². The SMILES string of the molecule is CCN1CCOC(CNc2cccc(SC)c2C#N)C1. The van der Waals surface area contributed by atoms with E-state index in [2.05, 4.69) is 23.2 Å². The summed E-state index contributed by atoms with van der Waals surface area (Å²) in [6, 6.07) is 8.20. The van der Waals surface area contributed by atoms with Gasteiger partial charge in [-0.3, -0.25) is 4.90 Å². The van der Waals surface area contributed by atoms with Crippen molar-refractivity contribution < 1.29 is 4.74 Å². The summed E-state index contributed by atoms with van der Waals surface area (Å²) in [7, 11) is 0. The molecule has 1 unspecified atom stereocenters. The minimum absolute atomic E-state index is 0.188. The molecule has 1 aromatic carbocycles. The van der Waals surface area contributed by atoms with Crippen LogP contribution in [0.3, 0.4) is 0 Å². The average Bonchev–Trinajstić information content (AvgIpc) is 2.52. The lowest BCUT2D eigenvalue weighted by atomic mass is 10.2. The third kappa shape index (κ3) is 3.66. The molecule has 0 radical (unpaired) electrons. The molecule has 1 aliphatic heterocycles. The quantitative estimate of drug-likeness (QED) is 0.844. The first-order valence-electron chi connectivity index (χ1n) is 6.93. The number of benzene rings is 1. The molecule has 0 saturated carbocycles. The number of hydrogen-bond donors (Lipinski definition) is 1. The predicted octanol–water partition coefficient (Wildman–Crippen LogP) is 2.41. The second kappa shape index (κ2) is 7.53. The van der Waals surface area contributed by atoms with Gasteiger partial charge >= 0.3 is 0 Å². The van der Waals surface area contributed by atoms with Crippen molar-refractivity contribution >= 4 is 17.4 Å². The number of ether oxygens (including phenoxy) is 1. The molecule has 1 atom stereocenters. The van der Waals surface area contributed by atoms with Crippen molar-refractivity contribution in [1.29, 1.82) is 5.26 Å². The van der Waals surface area contributed by atoms with E-state index in [1.165, 1.54) is 0 Å². The molecular weight excluding hydrogens is 270 g/mol. The first-order valence-corrected chi connectivity index (χ1v) is 8.15. The van der Waals surface area contributed by atoms with Gasteiger partial charge in [-0.05, 0) is 24.9 Å². The van der Waals surface area contributed by atoms with Crippen molar-refractivity contribution in [3.63, 3.8) is 0 Å². The van der Waals surface area contributed by atoms with E-state index in [-0.39, 0.29) is 6.10 Å². The molecule has 1 heterocycles. The van der Waals surface area contributed by atoms with Gasteiger partial charge in [0.05, 0.1) is 24.0 Å². The Morgan fingerprint density at radius 2 is 2.40 bits per heavy atom. The van der Waals surface area contributed by atoms with Crippen LogP contribution in [-0.4, -0.2) is 50.0 Å². The minimum atomic E-state index is 0.188. The van der Waals surface area contributed by atoms with E-state index in [1.54, 1.807) is 11.8 Å². The van der Waals surface area contributed by atoms with Gasteiger partial charge in [-0.25, -0.2) is 0 Å². The number of nitrogens with zero attached hydrogens (tertiary/aromatic N) is 2. The van der Waals surface area contributed by atoms with E-state index >= 15 is 0 Å². The van der Waals surface area contributed by atoms with Crippen LogP contribution in [0.1, 0.15) is 12.5 Å². The van der Waals surface area contributed by atoms with Crippen LogP contribution in [0.2, 0.25) is 0 Å². The number of rotatable bonds is 5. The normalized spacial score (nSPS) is 19.6. The fourth-order valence-corrected chi connectivity index (χ4v) is 2.95. The lowest BCUT2D eigenvalue weighted by Crippen LogP contribution is -2.45. The molecule has 20 heavy (non-hydrogen) atoms. The lowest BCUT2D eigenvalue weighted by Gasteiger charge is -2.32. The molecule has 1 N–H and O–H groups in total. The van der Waals surface area contributed by atoms with E-state index in [9.17, 15) is 5.26 Å². The van der Waals surface area contributed by atoms with Gasteiger partial charge in [-0.1, -0.05) is 13.0 Å². The molecule has 1 fully saturated rings. The Bertz CT molecular complexity index is 486. The lowest BCUT2D eigenvalue weighted by molar-refractivity contribution is -0.0191. The zero-order valence-corrected chi connectivity index (χ0v) is 12.9. The zero-order valence-electron chi connectivity index (χ0n) is 12.1. The van der Waals surface area contributed by atoms with E-state index in [0.717, 1.165) is 48.9 Å². The van der Waals surface area contributed by atoms with Crippen LogP contribution in [0, 0.1) is 11.3 Å². The Morgan fingerprint density at radius 1 is 1.55 bits per heavy atom. The van der Waals surface area contributed by atoms with Crippen molar-refractivity contribution in [2.75, 3.05) is 44.4 Å². The molecule has 108 valence electrons. The molecule has 0 amide bonds. The Hall–Kier alpha value is -1.22. The topological polar surface area (TPSA) is 48.3 Å². The maximum Gasteiger partial charge on any atom is 0.102 e. The molecule has 0 bridgehead atoms. The number of morpholine rings is 1. The number of anilines is 1. The second-order valence-electron chi connectivity index (χ2n) is 4.76. The van der Waals surface area contributed by atoms with Gasteiger partial charge in [0, 0.05) is 24.5 Å². The number of nitrogens with one attached hydrogen (secondary N) is 1. The highest BCUT2D eigenvalue weighted by Crippen LogP contribution is 2.26. The van der Waals surface area contributed by atoms with Gasteiger partial charge in [0.25, 0.3) is 0 Å². The van der Waals surface area contributed by atoms with Crippen LogP contribution in [0.15, 0.2) is 23.1 Å². The number of likely N-dealkylation sites (N-methyl/N-ethyl adjacent to an activating group) is 1. The van der Waals surface area contributed by atoms with Crippen molar-refractivity contribution in [3.05, 3.63) is 23.8 Å². The molecule has 0 aliphatic carbocycles. The van der Waals surface area contributed by atoms with Crippen molar-refractivity contribution in [2.24, 2.45) is 0 Å². The van der Waals surface area contributed by atoms with E-state index in [0.29, 0.717) is 0 Å². The number of hydrogen-bond acceptors (Lipinski definition) is 5. The largest absolute Gasteiger partial charge is 0.381 e. The van der Waals surface area contributed by atoms with Gasteiger partial charge in [-0.2, -0.15) is 5.26 Å². The zero-order chi connectivity index (χ0) is 14.4. The van der Waals surface area contributed by atoms with E-state index in [4.69, 9.17) is 4.74 Å². The molecular formula is C15H21N3OS. The van der Waals surface area contributed by atoms with Crippen molar-refractivity contribution in [2.45, 2.75) is 17.9 Å². The summed E-state index contributed by atoms with van der Waals surface area (Å²) >= 11 is 1.60. The monoisotopic (exact) mass is 291 g/mol. The summed E-state index contributed by atoms with van der Waals surface area (Å²) in [6.07, 6.45) is 2.18. The third-order valence-electron chi connectivity index (χ3n) is 3.55. The third-order valence-corrected chi connectivity index (χ3v) is 4.33. The van der Waals surface area contributed by atoms with Crippen molar-refractivity contribution in [1.82, 2.24) is 4.90 Å². The first-order chi connectivity index (χ1) is 9.78. The van der Waals surface area contributed by atoms with Gasteiger partial charge in [0.1, 0.15) is 6.07 Å². The van der Waals surface area contributed by atoms with Crippen LogP contribution in [0.4, 0.5) is 5.69 Å². The fourth-order valence-electron chi connectivity index (χ4n) is 2.38. The van der Waals surface area contributed by atoms with Crippen molar-refractivity contribution in [3.8, 4) is 6.07 Å². The van der Waals surface area contributed by atoms with Crippen LogP contribution in [0.5, 0.6) is 0 Å². The summed E-state index contributed by atoms with van der Waals surface area (Å²) in [5, 5.41) is 12.7. The standard InChI is InChI=1S/C15H21N3OS/c1-3-18-7-8-19-12(11-18)10-17-14-5-4-6-15(20-2)13(14)9-16/h4-6,12,17H,3,7-8,10-11H2,1-2H3. The Balaban J connectivity index is 1.99. The highest BCUT2D eigenvalue weighted by atomic mass is 32.2. The highest BCUT2D eigenvalue weighted by Gasteiger charge is 2.19. The summed E-state index contributed by atoms with van der Waals surface area (Å²) in [4.78, 5) is 3.40. The number of nitriles is 1. The summed E-state index contributed by atoms with van der Waals surface area (Å²) < 4.78 is 5.77. The summed E-state index contributed by atoms with van der Waals surface area (Å²) in [5.74, 6) is 0. The molecule has 5 heteroatoms. The molecule has 0 aromatic heterocycles. The molecule has 1 aliphatic rings. The minimum Gasteiger partial charge on any atom is -0.381 e. The van der Waals surface area contributed by atoms with Gasteiger partial charge < -0.3 is 10.1 Å². The highest BCUT2D eigenvalue weighted by molar-refractivity contribution is 7.98. The average molecular weight is 291 g/mol. The predicted molar refractivity (Wildman–Crippen MR) is 83.3 cm³/mol. The van der Waals surface area contributed by atoms with Gasteiger partial charge in [0.2, 0.25) is 0 Å². The summed E-state index contributed by atoms with van der Waals surface area (Å²) in [5.41, 5.74) is 1.62. The molecule has 4 nitrogen and oxygen atoms in total. The molecule has 1 aromatic rings. The molecule has 2 rings (SSSR count). The Morgan fingerprint density at radius 3 is 3.10 bits per heavy atom. The van der Waals surface area contributed by atoms with E-state index in [1.807, 2.05) is 24.5 Å². The maximum absolute atomic E-state index is 9.30. The van der Waals surface area contributed by atoms with Gasteiger partial charge in [-0.15, -0.1) is 11.8 Å². The second-order valence-corrected chi connectivity index (χ2v) is 5.61. The van der Waals surface area contributed by atoms with Crippen LogP contribution in [-0.2, 0) is 4.74 Å². The van der Waals surface area contributed by atoms with E-state index < -0.39 is 0 Å². The fraction of sp³-hybridized carbons (Fsp3) is 0.533. The molecule has 1 saturated heterocycles. The summed E-state index contributed by atoms with van der Waals surface area (Å²) in [6.45, 7) is 6.72. The first kappa shape index (κ1) is 15.2. The maximum atomic E-state index is 9.30.